The molecule has 0 fully saturated rings. The summed E-state index contributed by atoms with van der Waals surface area (Å²) in [6, 6.07) is 13.4. The van der Waals surface area contributed by atoms with Gasteiger partial charge in [0.1, 0.15) is 5.75 Å². The second-order valence-electron chi connectivity index (χ2n) is 6.64. The van der Waals surface area contributed by atoms with Gasteiger partial charge in [-0.05, 0) is 55.1 Å². The largest absolute Gasteiger partial charge is 0.494 e. The highest BCUT2D eigenvalue weighted by molar-refractivity contribution is 9.10. The van der Waals surface area contributed by atoms with Gasteiger partial charge in [-0.3, -0.25) is 4.79 Å². The summed E-state index contributed by atoms with van der Waals surface area (Å²) in [5, 5.41) is 0. The van der Waals surface area contributed by atoms with Crippen molar-refractivity contribution in [1.29, 1.82) is 0 Å². The number of halogens is 1. The molecule has 4 nitrogen and oxygen atoms in total. The average molecular weight is 493 g/mol. The van der Waals surface area contributed by atoms with Crippen LogP contribution in [0.3, 0.4) is 0 Å². The Balaban J connectivity index is 1.83. The maximum Gasteiger partial charge on any atom is 0.279 e. The molecule has 0 aliphatic heterocycles. The lowest BCUT2D eigenvalue weighted by Crippen LogP contribution is -2.18. The second-order valence-corrected chi connectivity index (χ2v) is 9.55. The lowest BCUT2D eigenvalue weighted by atomic mass is 10.2. The molecule has 1 aromatic heterocycles. The number of thiazole rings is 1. The van der Waals surface area contributed by atoms with Crippen molar-refractivity contribution in [2.45, 2.75) is 32.7 Å². The fraction of sp³-hybridized carbons (Fsp3) is 0.364. The fourth-order valence-corrected chi connectivity index (χ4v) is 4.89. The first kappa shape index (κ1) is 22.1. The maximum atomic E-state index is 12.8. The quantitative estimate of drug-likeness (QED) is 0.337. The third-order valence-electron chi connectivity index (χ3n) is 4.48. The zero-order chi connectivity index (χ0) is 20.6. The third kappa shape index (κ3) is 5.96. The summed E-state index contributed by atoms with van der Waals surface area (Å²) >= 11 is 6.85. The van der Waals surface area contributed by atoms with E-state index in [2.05, 4.69) is 50.8 Å². The summed E-state index contributed by atoms with van der Waals surface area (Å²) in [7, 11) is 0. The number of carbonyl (C=O) groups excluding carboxylic acids is 1. The lowest BCUT2D eigenvalue weighted by Gasteiger charge is -2.06. The zero-order valence-corrected chi connectivity index (χ0v) is 19.9. The van der Waals surface area contributed by atoms with E-state index in [1.54, 1.807) is 35.2 Å². The van der Waals surface area contributed by atoms with E-state index in [-0.39, 0.29) is 5.91 Å². The van der Waals surface area contributed by atoms with Gasteiger partial charge < -0.3 is 9.30 Å². The maximum absolute atomic E-state index is 12.8. The first-order chi connectivity index (χ1) is 14.1. The topological polar surface area (TPSA) is 43.6 Å². The first-order valence-electron chi connectivity index (χ1n) is 9.72. The van der Waals surface area contributed by atoms with E-state index in [1.165, 1.54) is 6.42 Å². The van der Waals surface area contributed by atoms with Gasteiger partial charge in [0, 0.05) is 22.3 Å². The van der Waals surface area contributed by atoms with E-state index >= 15 is 0 Å². The molecular formula is C22H25BrN2O2S2. The van der Waals surface area contributed by atoms with Crippen LogP contribution >= 0.6 is 39.0 Å². The Morgan fingerprint density at radius 2 is 2.00 bits per heavy atom. The van der Waals surface area contributed by atoms with Crippen LogP contribution in [0.2, 0.25) is 0 Å². The van der Waals surface area contributed by atoms with Gasteiger partial charge in [-0.15, -0.1) is 0 Å². The Hall–Kier alpha value is -1.57. The summed E-state index contributed by atoms with van der Waals surface area (Å²) in [6.07, 6.45) is 5.46. The SMILES string of the molecule is CCCCCOc1ccc(C(=O)N=c2sc3cc(Br)ccc3n2CCSC)cc1. The van der Waals surface area contributed by atoms with Crippen molar-refractivity contribution in [1.82, 2.24) is 4.57 Å². The van der Waals surface area contributed by atoms with E-state index in [0.717, 1.165) is 50.4 Å². The minimum absolute atomic E-state index is 0.231. The predicted molar refractivity (Wildman–Crippen MR) is 127 cm³/mol. The van der Waals surface area contributed by atoms with Gasteiger partial charge in [-0.25, -0.2) is 0 Å². The van der Waals surface area contributed by atoms with Crippen LogP contribution in [0.4, 0.5) is 0 Å². The minimum atomic E-state index is -0.231. The third-order valence-corrected chi connectivity index (χ3v) is 6.60. The average Bonchev–Trinajstić information content (AvgIpc) is 3.05. The van der Waals surface area contributed by atoms with E-state index < -0.39 is 0 Å². The molecule has 2 aromatic carbocycles. The molecule has 0 radical (unpaired) electrons. The van der Waals surface area contributed by atoms with E-state index in [1.807, 2.05) is 18.2 Å². The number of fused-ring (bicyclic) bond motifs is 1. The molecule has 3 rings (SSSR count). The number of aromatic nitrogens is 1. The molecular weight excluding hydrogens is 468 g/mol. The molecule has 0 aliphatic carbocycles. The molecule has 0 bridgehead atoms. The number of carbonyl (C=O) groups is 1. The molecule has 0 atom stereocenters. The Kier molecular flexibility index (Phi) is 8.39. The molecule has 29 heavy (non-hydrogen) atoms. The highest BCUT2D eigenvalue weighted by Crippen LogP contribution is 2.22. The predicted octanol–water partition coefficient (Wildman–Crippen LogP) is 6.14. The van der Waals surface area contributed by atoms with Crippen LogP contribution in [0.25, 0.3) is 10.2 Å². The second kappa shape index (κ2) is 11.0. The Bertz CT molecular complexity index is 1030. The van der Waals surface area contributed by atoms with Gasteiger partial charge in [0.25, 0.3) is 5.91 Å². The van der Waals surface area contributed by atoms with Crippen molar-refractivity contribution < 1.29 is 9.53 Å². The Morgan fingerprint density at radius 1 is 1.21 bits per heavy atom. The fourth-order valence-electron chi connectivity index (χ4n) is 2.92. The van der Waals surface area contributed by atoms with Crippen LogP contribution in [-0.2, 0) is 6.54 Å². The molecule has 154 valence electrons. The highest BCUT2D eigenvalue weighted by Gasteiger charge is 2.10. The van der Waals surface area contributed by atoms with E-state index in [4.69, 9.17) is 4.74 Å². The number of ether oxygens (including phenoxy) is 1. The molecule has 1 heterocycles. The monoisotopic (exact) mass is 492 g/mol. The van der Waals surface area contributed by atoms with Crippen molar-refractivity contribution in [3.63, 3.8) is 0 Å². The summed E-state index contributed by atoms with van der Waals surface area (Å²) in [6.45, 7) is 3.70. The first-order valence-corrected chi connectivity index (χ1v) is 12.7. The molecule has 0 aliphatic rings. The van der Waals surface area contributed by atoms with Gasteiger partial charge >= 0.3 is 0 Å². The van der Waals surface area contributed by atoms with Crippen molar-refractivity contribution in [2.75, 3.05) is 18.6 Å². The van der Waals surface area contributed by atoms with Crippen LogP contribution < -0.4 is 9.54 Å². The minimum Gasteiger partial charge on any atom is -0.494 e. The Morgan fingerprint density at radius 3 is 2.72 bits per heavy atom. The number of hydrogen-bond donors (Lipinski definition) is 0. The zero-order valence-electron chi connectivity index (χ0n) is 16.7. The number of nitrogens with zero attached hydrogens (tertiary/aromatic N) is 2. The number of unbranched alkanes of at least 4 members (excludes halogenated alkanes) is 2. The number of aryl methyl sites for hydroxylation is 1. The molecule has 3 aromatic rings. The van der Waals surface area contributed by atoms with Crippen molar-refractivity contribution in [3.05, 3.63) is 57.3 Å². The summed E-state index contributed by atoms with van der Waals surface area (Å²) < 4.78 is 9.99. The molecule has 0 unspecified atom stereocenters. The van der Waals surface area contributed by atoms with Crippen molar-refractivity contribution >= 4 is 55.2 Å². The van der Waals surface area contributed by atoms with Crippen LogP contribution in [0.15, 0.2) is 51.9 Å². The number of hydrogen-bond acceptors (Lipinski definition) is 4. The number of rotatable bonds is 9. The van der Waals surface area contributed by atoms with Gasteiger partial charge in [-0.2, -0.15) is 16.8 Å². The number of benzene rings is 2. The molecule has 1 amide bonds. The van der Waals surface area contributed by atoms with Gasteiger partial charge in [-0.1, -0.05) is 47.0 Å². The number of thioether (sulfide) groups is 1. The van der Waals surface area contributed by atoms with Gasteiger partial charge in [0.15, 0.2) is 4.80 Å². The Labute approximate surface area is 188 Å². The van der Waals surface area contributed by atoms with Gasteiger partial charge in [0.2, 0.25) is 0 Å². The standard InChI is InChI=1S/C22H25BrN2O2S2/c1-3-4-5-13-27-18-9-6-16(7-10-18)21(26)24-22-25(12-14-28-2)19-11-8-17(23)15-20(19)29-22/h6-11,15H,3-5,12-14H2,1-2H3. The summed E-state index contributed by atoms with van der Waals surface area (Å²) in [5.41, 5.74) is 1.68. The smallest absolute Gasteiger partial charge is 0.279 e. The van der Waals surface area contributed by atoms with Crippen LogP contribution in [0, 0.1) is 0 Å². The molecule has 7 heteroatoms. The molecule has 0 saturated heterocycles. The van der Waals surface area contributed by atoms with Crippen LogP contribution in [0.5, 0.6) is 5.75 Å². The summed E-state index contributed by atoms with van der Waals surface area (Å²) in [4.78, 5) is 17.9. The van der Waals surface area contributed by atoms with E-state index in [9.17, 15) is 4.79 Å². The van der Waals surface area contributed by atoms with Crippen LogP contribution in [0.1, 0.15) is 36.5 Å². The molecule has 0 spiro atoms. The highest BCUT2D eigenvalue weighted by atomic mass is 79.9. The number of amides is 1. The van der Waals surface area contributed by atoms with E-state index in [0.29, 0.717) is 12.2 Å². The molecule has 0 N–H and O–H groups in total. The molecule has 0 saturated carbocycles. The van der Waals surface area contributed by atoms with Crippen molar-refractivity contribution in [3.8, 4) is 5.75 Å². The van der Waals surface area contributed by atoms with Gasteiger partial charge in [0.05, 0.1) is 16.8 Å². The van der Waals surface area contributed by atoms with Crippen LogP contribution in [-0.4, -0.2) is 29.1 Å². The normalized spacial score (nSPS) is 11.9. The lowest BCUT2D eigenvalue weighted by molar-refractivity contribution is 0.0998. The summed E-state index contributed by atoms with van der Waals surface area (Å²) in [5.74, 6) is 1.53. The van der Waals surface area contributed by atoms with Crippen molar-refractivity contribution in [2.24, 2.45) is 4.99 Å².